The Bertz CT molecular complexity index is 996. The number of para-hydroxylation sites is 1. The Hall–Kier alpha value is -3.86. The summed E-state index contributed by atoms with van der Waals surface area (Å²) in [7, 11) is 0. The molecule has 146 valence electrons. The Kier molecular flexibility index (Phi) is 6.79. The lowest BCUT2D eigenvalue weighted by molar-refractivity contribution is -0.111. The van der Waals surface area contributed by atoms with Gasteiger partial charge in [-0.05, 0) is 55.0 Å². The molecule has 29 heavy (non-hydrogen) atoms. The predicted octanol–water partition coefficient (Wildman–Crippen LogP) is 4.99. The van der Waals surface area contributed by atoms with Crippen LogP contribution in [0.1, 0.15) is 22.8 Å². The molecule has 0 aliphatic rings. The van der Waals surface area contributed by atoms with E-state index in [-0.39, 0.29) is 11.8 Å². The molecule has 0 saturated heterocycles. The van der Waals surface area contributed by atoms with E-state index in [2.05, 4.69) is 10.6 Å². The van der Waals surface area contributed by atoms with Crippen molar-refractivity contribution in [3.63, 3.8) is 0 Å². The van der Waals surface area contributed by atoms with E-state index >= 15 is 0 Å². The predicted molar refractivity (Wildman–Crippen MR) is 116 cm³/mol. The van der Waals surface area contributed by atoms with E-state index in [1.807, 2.05) is 37.3 Å². The summed E-state index contributed by atoms with van der Waals surface area (Å²) in [6.45, 7) is 2.49. The minimum absolute atomic E-state index is 0.308. The summed E-state index contributed by atoms with van der Waals surface area (Å²) in [5.41, 5.74) is 2.38. The van der Waals surface area contributed by atoms with Crippen LogP contribution in [0.25, 0.3) is 6.08 Å². The Morgan fingerprint density at radius 3 is 2.28 bits per heavy atom. The first-order chi connectivity index (χ1) is 14.2. The molecule has 0 fully saturated rings. The van der Waals surface area contributed by atoms with Crippen molar-refractivity contribution in [2.75, 3.05) is 17.2 Å². The van der Waals surface area contributed by atoms with Gasteiger partial charge in [0.15, 0.2) is 0 Å². The number of nitrogens with one attached hydrogen (secondary N) is 2. The van der Waals surface area contributed by atoms with E-state index < -0.39 is 0 Å². The number of rotatable bonds is 7. The summed E-state index contributed by atoms with van der Waals surface area (Å²) < 4.78 is 5.40. The van der Waals surface area contributed by atoms with Crippen LogP contribution in [0.15, 0.2) is 84.9 Å². The first-order valence-electron chi connectivity index (χ1n) is 9.33. The van der Waals surface area contributed by atoms with Gasteiger partial charge < -0.3 is 15.4 Å². The summed E-state index contributed by atoms with van der Waals surface area (Å²) in [4.78, 5) is 25.0. The van der Waals surface area contributed by atoms with Crippen LogP contribution >= 0.6 is 0 Å². The molecule has 0 aliphatic heterocycles. The molecule has 5 nitrogen and oxygen atoms in total. The van der Waals surface area contributed by atoms with Crippen molar-refractivity contribution in [3.05, 3.63) is 96.1 Å². The highest BCUT2D eigenvalue weighted by molar-refractivity contribution is 6.11. The molecule has 0 aromatic heterocycles. The Balaban J connectivity index is 1.68. The minimum Gasteiger partial charge on any atom is -0.494 e. The fraction of sp³-hybridized carbons (Fsp3) is 0.0833. The van der Waals surface area contributed by atoms with Gasteiger partial charge in [0.05, 0.1) is 17.9 Å². The van der Waals surface area contributed by atoms with Gasteiger partial charge in [-0.3, -0.25) is 9.59 Å². The number of hydrogen-bond donors (Lipinski definition) is 2. The average Bonchev–Trinajstić information content (AvgIpc) is 2.75. The van der Waals surface area contributed by atoms with Crippen LogP contribution in [-0.2, 0) is 4.79 Å². The number of carbonyl (C=O) groups is 2. The second-order valence-electron chi connectivity index (χ2n) is 6.19. The van der Waals surface area contributed by atoms with E-state index in [9.17, 15) is 9.59 Å². The zero-order valence-electron chi connectivity index (χ0n) is 16.1. The maximum atomic E-state index is 12.7. The third-order valence-electron chi connectivity index (χ3n) is 4.08. The number of hydrogen-bond acceptors (Lipinski definition) is 3. The molecule has 0 atom stereocenters. The smallest absolute Gasteiger partial charge is 0.257 e. The van der Waals surface area contributed by atoms with Gasteiger partial charge in [0.2, 0.25) is 5.91 Å². The van der Waals surface area contributed by atoms with Gasteiger partial charge in [0, 0.05) is 11.8 Å². The molecule has 0 spiro atoms. The average molecular weight is 386 g/mol. The molecule has 3 aromatic carbocycles. The zero-order chi connectivity index (χ0) is 20.5. The topological polar surface area (TPSA) is 67.4 Å². The van der Waals surface area contributed by atoms with E-state index in [0.29, 0.717) is 23.5 Å². The van der Waals surface area contributed by atoms with E-state index in [4.69, 9.17) is 4.74 Å². The molecular weight excluding hydrogens is 364 g/mol. The zero-order valence-corrected chi connectivity index (χ0v) is 16.1. The van der Waals surface area contributed by atoms with Crippen molar-refractivity contribution in [3.8, 4) is 5.75 Å². The summed E-state index contributed by atoms with van der Waals surface area (Å²) in [5.74, 6) is 0.121. The Labute approximate surface area is 170 Å². The standard InChI is InChI=1S/C24H22N2O3/c1-2-29-20-15-13-19(14-16-20)25-24(28)21-10-6-7-11-22(21)26-23(27)17-12-18-8-4-3-5-9-18/h3-17H,2H2,1H3,(H,25,28)(H,26,27). The lowest BCUT2D eigenvalue weighted by Gasteiger charge is -2.11. The third-order valence-corrected chi connectivity index (χ3v) is 4.08. The highest BCUT2D eigenvalue weighted by Crippen LogP contribution is 2.20. The van der Waals surface area contributed by atoms with Gasteiger partial charge in [-0.1, -0.05) is 42.5 Å². The molecule has 0 heterocycles. The van der Waals surface area contributed by atoms with Crippen LogP contribution in [0.3, 0.4) is 0 Å². The van der Waals surface area contributed by atoms with Gasteiger partial charge in [-0.25, -0.2) is 0 Å². The van der Waals surface area contributed by atoms with E-state index in [1.165, 1.54) is 6.08 Å². The van der Waals surface area contributed by atoms with Crippen molar-refractivity contribution in [2.45, 2.75) is 6.92 Å². The number of carbonyl (C=O) groups excluding carboxylic acids is 2. The van der Waals surface area contributed by atoms with Crippen molar-refractivity contribution in [1.29, 1.82) is 0 Å². The van der Waals surface area contributed by atoms with E-state index in [0.717, 1.165) is 11.3 Å². The number of amides is 2. The first-order valence-corrected chi connectivity index (χ1v) is 9.33. The molecule has 2 N–H and O–H groups in total. The van der Waals surface area contributed by atoms with Gasteiger partial charge in [-0.2, -0.15) is 0 Å². The lowest BCUT2D eigenvalue weighted by atomic mass is 10.1. The van der Waals surface area contributed by atoms with Crippen molar-refractivity contribution in [1.82, 2.24) is 0 Å². The second kappa shape index (κ2) is 9.90. The number of benzene rings is 3. The highest BCUT2D eigenvalue weighted by Gasteiger charge is 2.12. The summed E-state index contributed by atoms with van der Waals surface area (Å²) in [6, 6.07) is 23.5. The fourth-order valence-electron chi connectivity index (χ4n) is 2.70. The molecule has 3 aromatic rings. The fourth-order valence-corrected chi connectivity index (χ4v) is 2.70. The van der Waals surface area contributed by atoms with Gasteiger partial charge in [0.1, 0.15) is 5.75 Å². The van der Waals surface area contributed by atoms with Crippen LogP contribution < -0.4 is 15.4 Å². The van der Waals surface area contributed by atoms with Crippen molar-refractivity contribution in [2.24, 2.45) is 0 Å². The van der Waals surface area contributed by atoms with Crippen LogP contribution in [0.5, 0.6) is 5.75 Å². The molecule has 0 radical (unpaired) electrons. The lowest BCUT2D eigenvalue weighted by Crippen LogP contribution is -2.17. The SMILES string of the molecule is CCOc1ccc(NC(=O)c2ccccc2NC(=O)C=Cc2ccccc2)cc1. The highest BCUT2D eigenvalue weighted by atomic mass is 16.5. The molecule has 0 saturated carbocycles. The normalized spacial score (nSPS) is 10.5. The second-order valence-corrected chi connectivity index (χ2v) is 6.19. The van der Waals surface area contributed by atoms with E-state index in [1.54, 1.807) is 54.6 Å². The molecule has 5 heteroatoms. The van der Waals surface area contributed by atoms with Gasteiger partial charge >= 0.3 is 0 Å². The molecule has 2 amide bonds. The Morgan fingerprint density at radius 2 is 1.55 bits per heavy atom. The number of ether oxygens (including phenoxy) is 1. The molecular formula is C24H22N2O3. The van der Waals surface area contributed by atoms with Crippen LogP contribution in [0, 0.1) is 0 Å². The van der Waals surface area contributed by atoms with Crippen LogP contribution in [-0.4, -0.2) is 18.4 Å². The molecule has 0 aliphatic carbocycles. The maximum absolute atomic E-state index is 12.7. The third kappa shape index (κ3) is 5.81. The largest absolute Gasteiger partial charge is 0.494 e. The molecule has 3 rings (SSSR count). The molecule has 0 unspecified atom stereocenters. The molecule has 0 bridgehead atoms. The van der Waals surface area contributed by atoms with Crippen molar-refractivity contribution < 1.29 is 14.3 Å². The minimum atomic E-state index is -0.310. The van der Waals surface area contributed by atoms with Gasteiger partial charge in [-0.15, -0.1) is 0 Å². The van der Waals surface area contributed by atoms with Crippen molar-refractivity contribution >= 4 is 29.3 Å². The quantitative estimate of drug-likeness (QED) is 0.562. The maximum Gasteiger partial charge on any atom is 0.257 e. The summed E-state index contributed by atoms with van der Waals surface area (Å²) >= 11 is 0. The van der Waals surface area contributed by atoms with Crippen LogP contribution in [0.4, 0.5) is 11.4 Å². The summed E-state index contributed by atoms with van der Waals surface area (Å²) in [6.07, 6.45) is 3.16. The monoisotopic (exact) mass is 386 g/mol. The summed E-state index contributed by atoms with van der Waals surface area (Å²) in [5, 5.41) is 5.60. The number of anilines is 2. The van der Waals surface area contributed by atoms with Gasteiger partial charge in [0.25, 0.3) is 5.91 Å². The Morgan fingerprint density at radius 1 is 0.862 bits per heavy atom. The first kappa shape index (κ1) is 19.9. The van der Waals surface area contributed by atoms with Crippen LogP contribution in [0.2, 0.25) is 0 Å².